The molecule has 0 spiro atoms. The number of aromatic nitrogens is 3. The van der Waals surface area contributed by atoms with Gasteiger partial charge in [-0.3, -0.25) is 9.59 Å². The van der Waals surface area contributed by atoms with Gasteiger partial charge in [-0.15, -0.1) is 16.4 Å². The molecule has 3 aromatic rings. The lowest BCUT2D eigenvalue weighted by Crippen LogP contribution is -2.30. The van der Waals surface area contributed by atoms with Gasteiger partial charge in [0, 0.05) is 24.0 Å². The molecule has 0 bridgehead atoms. The van der Waals surface area contributed by atoms with Crippen molar-refractivity contribution >= 4 is 34.2 Å². The zero-order valence-corrected chi connectivity index (χ0v) is 14.5. The summed E-state index contributed by atoms with van der Waals surface area (Å²) in [4.78, 5) is 27.7. The summed E-state index contributed by atoms with van der Waals surface area (Å²) in [6, 6.07) is 9.07. The van der Waals surface area contributed by atoms with Crippen LogP contribution in [0.2, 0.25) is 0 Å². The van der Waals surface area contributed by atoms with Crippen molar-refractivity contribution in [3.63, 3.8) is 0 Å². The van der Waals surface area contributed by atoms with E-state index in [4.69, 9.17) is 5.73 Å². The fraction of sp³-hybridized carbons (Fsp3) is 0.294. The van der Waals surface area contributed by atoms with E-state index < -0.39 is 5.91 Å². The number of hydrogen-bond acceptors (Lipinski definition) is 5. The molecule has 2 N–H and O–H groups in total. The van der Waals surface area contributed by atoms with Crippen LogP contribution in [0.25, 0.3) is 11.0 Å². The minimum absolute atomic E-state index is 0.0110. The molecule has 1 aliphatic rings. The second-order valence-electron chi connectivity index (χ2n) is 6.14. The number of benzene rings is 1. The molecule has 7 nitrogen and oxygen atoms in total. The maximum atomic E-state index is 13.0. The minimum Gasteiger partial charge on any atom is -0.365 e. The molecule has 1 aliphatic heterocycles. The van der Waals surface area contributed by atoms with Gasteiger partial charge in [-0.2, -0.15) is 0 Å². The van der Waals surface area contributed by atoms with E-state index in [1.807, 2.05) is 30.1 Å². The second kappa shape index (κ2) is 5.96. The lowest BCUT2D eigenvalue weighted by atomic mass is 10.1. The van der Waals surface area contributed by atoms with Gasteiger partial charge in [0.15, 0.2) is 0 Å². The second-order valence-corrected chi connectivity index (χ2v) is 7.25. The Morgan fingerprint density at radius 2 is 2.12 bits per heavy atom. The van der Waals surface area contributed by atoms with Crippen molar-refractivity contribution in [1.82, 2.24) is 19.9 Å². The molecule has 4 rings (SSSR count). The van der Waals surface area contributed by atoms with Crippen LogP contribution in [0.3, 0.4) is 0 Å². The third kappa shape index (κ3) is 2.68. The van der Waals surface area contributed by atoms with Crippen molar-refractivity contribution in [2.45, 2.75) is 18.9 Å². The highest BCUT2D eigenvalue weighted by Crippen LogP contribution is 2.36. The molecule has 25 heavy (non-hydrogen) atoms. The summed E-state index contributed by atoms with van der Waals surface area (Å²) >= 11 is 1.37. The van der Waals surface area contributed by atoms with Crippen molar-refractivity contribution in [2.24, 2.45) is 12.8 Å². The zero-order valence-electron chi connectivity index (χ0n) is 13.7. The lowest BCUT2D eigenvalue weighted by molar-refractivity contribution is 0.0738. The van der Waals surface area contributed by atoms with Crippen LogP contribution >= 0.6 is 11.3 Å². The molecule has 0 saturated carbocycles. The molecule has 1 unspecified atom stereocenters. The third-order valence-electron chi connectivity index (χ3n) is 4.57. The normalized spacial score (nSPS) is 17.3. The molecule has 0 radical (unpaired) electrons. The Hall–Kier alpha value is -2.74. The number of nitrogens with two attached hydrogens (primary N) is 1. The van der Waals surface area contributed by atoms with Crippen LogP contribution in [0.1, 0.15) is 43.8 Å². The van der Waals surface area contributed by atoms with E-state index in [1.54, 1.807) is 16.8 Å². The van der Waals surface area contributed by atoms with Crippen LogP contribution in [-0.4, -0.2) is 38.3 Å². The van der Waals surface area contributed by atoms with Crippen LogP contribution in [0.4, 0.5) is 0 Å². The lowest BCUT2D eigenvalue weighted by Gasteiger charge is -2.24. The number of thiophene rings is 1. The fourth-order valence-corrected chi connectivity index (χ4v) is 4.32. The summed E-state index contributed by atoms with van der Waals surface area (Å²) < 4.78 is 1.68. The summed E-state index contributed by atoms with van der Waals surface area (Å²) in [7, 11) is 1.82. The Kier molecular flexibility index (Phi) is 3.76. The van der Waals surface area contributed by atoms with Gasteiger partial charge in [-0.25, -0.2) is 4.68 Å². The number of likely N-dealkylation sites (tertiary alicyclic amines) is 1. The molecule has 8 heteroatoms. The highest BCUT2D eigenvalue weighted by molar-refractivity contribution is 7.14. The van der Waals surface area contributed by atoms with Crippen molar-refractivity contribution in [3.05, 3.63) is 45.6 Å². The number of aryl methyl sites for hydroxylation is 1. The van der Waals surface area contributed by atoms with Crippen LogP contribution in [0.15, 0.2) is 30.3 Å². The zero-order chi connectivity index (χ0) is 17.6. The topological polar surface area (TPSA) is 94.1 Å². The maximum Gasteiger partial charge on any atom is 0.258 e. The van der Waals surface area contributed by atoms with Gasteiger partial charge in [0.2, 0.25) is 0 Å². The molecule has 1 fully saturated rings. The third-order valence-corrected chi connectivity index (χ3v) is 5.77. The standard InChI is InChI=1S/C17H17N5O2S/c1-21-12-5-4-10(9-11(12)19-20-21)17(24)22-8-2-3-13(22)14-6-7-15(25-14)16(18)23/h4-7,9,13H,2-3,8H2,1H3,(H2,18,23). The first kappa shape index (κ1) is 15.8. The number of carbonyl (C=O) groups excluding carboxylic acids is 2. The fourth-order valence-electron chi connectivity index (χ4n) is 3.31. The molecule has 2 amide bonds. The number of rotatable bonds is 3. The smallest absolute Gasteiger partial charge is 0.258 e. The summed E-state index contributed by atoms with van der Waals surface area (Å²) in [5, 5.41) is 8.06. The van der Waals surface area contributed by atoms with Crippen LogP contribution < -0.4 is 5.73 Å². The summed E-state index contributed by atoms with van der Waals surface area (Å²) in [5.41, 5.74) is 7.54. The molecule has 2 aromatic heterocycles. The van der Waals surface area contributed by atoms with Gasteiger partial charge in [-0.1, -0.05) is 5.21 Å². The van der Waals surface area contributed by atoms with Crippen LogP contribution in [-0.2, 0) is 7.05 Å². The summed E-state index contributed by atoms with van der Waals surface area (Å²) in [6.45, 7) is 0.700. The average molecular weight is 355 g/mol. The van der Waals surface area contributed by atoms with E-state index in [0.29, 0.717) is 22.5 Å². The first-order valence-corrected chi connectivity index (χ1v) is 8.86. The van der Waals surface area contributed by atoms with Crippen LogP contribution in [0, 0.1) is 0 Å². The van der Waals surface area contributed by atoms with Gasteiger partial charge in [0.1, 0.15) is 5.52 Å². The number of nitrogens with zero attached hydrogens (tertiary/aromatic N) is 4. The predicted molar refractivity (Wildman–Crippen MR) is 94.4 cm³/mol. The maximum absolute atomic E-state index is 13.0. The largest absolute Gasteiger partial charge is 0.365 e. The van der Waals surface area contributed by atoms with Gasteiger partial charge < -0.3 is 10.6 Å². The minimum atomic E-state index is -0.430. The monoisotopic (exact) mass is 355 g/mol. The Morgan fingerprint density at radius 3 is 2.88 bits per heavy atom. The van der Waals surface area contributed by atoms with Gasteiger partial charge in [0.25, 0.3) is 11.8 Å². The van der Waals surface area contributed by atoms with Crippen molar-refractivity contribution in [1.29, 1.82) is 0 Å². The summed E-state index contributed by atoms with van der Waals surface area (Å²) in [6.07, 6.45) is 1.82. The SMILES string of the molecule is Cn1nnc2cc(C(=O)N3CCCC3c3ccc(C(N)=O)s3)ccc21. The van der Waals surface area contributed by atoms with Gasteiger partial charge in [0.05, 0.1) is 16.4 Å². The number of hydrogen-bond donors (Lipinski definition) is 1. The number of fused-ring (bicyclic) bond motifs is 1. The Balaban J connectivity index is 1.63. The predicted octanol–water partition coefficient (Wildman–Crippen LogP) is 2.11. The van der Waals surface area contributed by atoms with Gasteiger partial charge in [-0.05, 0) is 43.2 Å². The first-order valence-electron chi connectivity index (χ1n) is 8.04. The van der Waals surface area contributed by atoms with E-state index in [2.05, 4.69) is 10.3 Å². The van der Waals surface area contributed by atoms with Crippen LogP contribution in [0.5, 0.6) is 0 Å². The number of primary amides is 1. The molecule has 0 aliphatic carbocycles. The highest BCUT2D eigenvalue weighted by Gasteiger charge is 2.32. The van der Waals surface area contributed by atoms with Crippen molar-refractivity contribution in [2.75, 3.05) is 6.54 Å². The summed E-state index contributed by atoms with van der Waals surface area (Å²) in [5.74, 6) is -0.454. The Bertz CT molecular complexity index is 976. The molecular weight excluding hydrogens is 338 g/mol. The van der Waals surface area contributed by atoms with E-state index in [-0.39, 0.29) is 11.9 Å². The van der Waals surface area contributed by atoms with E-state index in [1.165, 1.54) is 11.3 Å². The van der Waals surface area contributed by atoms with E-state index >= 15 is 0 Å². The number of carbonyl (C=O) groups is 2. The molecule has 128 valence electrons. The van der Waals surface area contributed by atoms with Gasteiger partial charge >= 0.3 is 0 Å². The van der Waals surface area contributed by atoms with E-state index in [9.17, 15) is 9.59 Å². The number of amides is 2. The highest BCUT2D eigenvalue weighted by atomic mass is 32.1. The molecule has 3 heterocycles. The Morgan fingerprint density at radius 1 is 1.28 bits per heavy atom. The van der Waals surface area contributed by atoms with Crippen molar-refractivity contribution < 1.29 is 9.59 Å². The molecule has 1 atom stereocenters. The van der Waals surface area contributed by atoms with Crippen molar-refractivity contribution in [3.8, 4) is 0 Å². The first-order chi connectivity index (χ1) is 12.0. The molecular formula is C17H17N5O2S. The molecule has 1 saturated heterocycles. The molecule has 1 aromatic carbocycles. The average Bonchev–Trinajstić information content (AvgIpc) is 3.33. The quantitative estimate of drug-likeness (QED) is 0.778. The van der Waals surface area contributed by atoms with E-state index in [0.717, 1.165) is 23.2 Å². The Labute approximate surface area is 148 Å².